The SMILES string of the molecule is COc1ccc(S(=O)(=O)NC2CC2)cc1NCCOc1ccc(F)cc1. The van der Waals surface area contributed by atoms with Crippen molar-refractivity contribution < 1.29 is 22.3 Å². The molecular weight excluding hydrogens is 359 g/mol. The minimum Gasteiger partial charge on any atom is -0.495 e. The molecule has 0 amide bonds. The number of rotatable bonds is 9. The summed E-state index contributed by atoms with van der Waals surface area (Å²) in [5.74, 6) is 0.778. The zero-order valence-corrected chi connectivity index (χ0v) is 15.2. The van der Waals surface area contributed by atoms with Gasteiger partial charge in [-0.05, 0) is 55.3 Å². The molecule has 26 heavy (non-hydrogen) atoms. The smallest absolute Gasteiger partial charge is 0.240 e. The molecule has 2 N–H and O–H groups in total. The quantitative estimate of drug-likeness (QED) is 0.654. The first-order valence-electron chi connectivity index (χ1n) is 8.30. The summed E-state index contributed by atoms with van der Waals surface area (Å²) in [6.07, 6.45) is 1.75. The lowest BCUT2D eigenvalue weighted by molar-refractivity contribution is 0.332. The van der Waals surface area contributed by atoms with Gasteiger partial charge in [-0.1, -0.05) is 0 Å². The van der Waals surface area contributed by atoms with Crippen LogP contribution in [0, 0.1) is 5.82 Å². The van der Waals surface area contributed by atoms with E-state index in [4.69, 9.17) is 9.47 Å². The summed E-state index contributed by atoms with van der Waals surface area (Å²) in [6.45, 7) is 0.749. The molecule has 0 saturated heterocycles. The normalized spacial score (nSPS) is 14.1. The summed E-state index contributed by atoms with van der Waals surface area (Å²) < 4.78 is 51.0. The summed E-state index contributed by atoms with van der Waals surface area (Å²) in [5.41, 5.74) is 0.564. The third kappa shape index (κ3) is 4.86. The van der Waals surface area contributed by atoms with E-state index in [1.54, 1.807) is 24.3 Å². The Morgan fingerprint density at radius 2 is 1.88 bits per heavy atom. The maximum Gasteiger partial charge on any atom is 0.240 e. The van der Waals surface area contributed by atoms with Crippen molar-refractivity contribution in [2.75, 3.05) is 25.6 Å². The lowest BCUT2D eigenvalue weighted by Gasteiger charge is -2.14. The summed E-state index contributed by atoms with van der Waals surface area (Å²) in [5, 5.41) is 3.11. The molecule has 6 nitrogen and oxygen atoms in total. The Labute approximate surface area is 152 Å². The number of anilines is 1. The van der Waals surface area contributed by atoms with Crippen molar-refractivity contribution in [3.8, 4) is 11.5 Å². The summed E-state index contributed by atoms with van der Waals surface area (Å²) in [6, 6.07) is 10.5. The van der Waals surface area contributed by atoms with Crippen LogP contribution in [0.1, 0.15) is 12.8 Å². The highest BCUT2D eigenvalue weighted by Gasteiger charge is 2.28. The predicted molar refractivity (Wildman–Crippen MR) is 96.7 cm³/mol. The van der Waals surface area contributed by atoms with Gasteiger partial charge in [0.1, 0.15) is 23.9 Å². The number of nitrogens with one attached hydrogen (secondary N) is 2. The Kier molecular flexibility index (Phi) is 5.63. The first-order valence-corrected chi connectivity index (χ1v) is 9.79. The highest BCUT2D eigenvalue weighted by atomic mass is 32.2. The van der Waals surface area contributed by atoms with Gasteiger partial charge in [-0.2, -0.15) is 0 Å². The van der Waals surface area contributed by atoms with E-state index in [1.165, 1.54) is 25.3 Å². The molecule has 2 aromatic rings. The fourth-order valence-corrected chi connectivity index (χ4v) is 3.70. The molecule has 1 aliphatic carbocycles. The summed E-state index contributed by atoms with van der Waals surface area (Å²) in [4.78, 5) is 0.187. The number of benzene rings is 2. The Morgan fingerprint density at radius 1 is 1.15 bits per heavy atom. The number of hydrogen-bond donors (Lipinski definition) is 2. The van der Waals surface area contributed by atoms with Crippen molar-refractivity contribution in [3.05, 3.63) is 48.3 Å². The Bertz CT molecular complexity index is 852. The van der Waals surface area contributed by atoms with Crippen LogP contribution < -0.4 is 19.5 Å². The molecule has 140 valence electrons. The van der Waals surface area contributed by atoms with Crippen LogP contribution in [0.2, 0.25) is 0 Å². The van der Waals surface area contributed by atoms with Gasteiger partial charge in [0.15, 0.2) is 0 Å². The second-order valence-corrected chi connectivity index (χ2v) is 7.70. The molecule has 0 aliphatic heterocycles. The zero-order chi connectivity index (χ0) is 18.6. The topological polar surface area (TPSA) is 76.7 Å². The third-order valence-corrected chi connectivity index (χ3v) is 5.40. The molecular formula is C18H21FN2O4S. The van der Waals surface area contributed by atoms with Crippen molar-refractivity contribution in [1.29, 1.82) is 0 Å². The number of ether oxygens (including phenoxy) is 2. The largest absolute Gasteiger partial charge is 0.495 e. The van der Waals surface area contributed by atoms with Crippen molar-refractivity contribution >= 4 is 15.7 Å². The van der Waals surface area contributed by atoms with Crippen LogP contribution in [0.25, 0.3) is 0 Å². The molecule has 1 saturated carbocycles. The van der Waals surface area contributed by atoms with E-state index in [-0.39, 0.29) is 16.8 Å². The van der Waals surface area contributed by atoms with Gasteiger partial charge in [-0.15, -0.1) is 0 Å². The first-order chi connectivity index (χ1) is 12.5. The van der Waals surface area contributed by atoms with Gasteiger partial charge in [0.05, 0.1) is 17.7 Å². The molecule has 0 radical (unpaired) electrons. The number of hydrogen-bond acceptors (Lipinski definition) is 5. The van der Waals surface area contributed by atoms with E-state index in [2.05, 4.69) is 10.0 Å². The van der Waals surface area contributed by atoms with Crippen LogP contribution in [-0.2, 0) is 10.0 Å². The van der Waals surface area contributed by atoms with Crippen molar-refractivity contribution in [3.63, 3.8) is 0 Å². The molecule has 0 heterocycles. The van der Waals surface area contributed by atoms with Gasteiger partial charge in [-0.25, -0.2) is 17.5 Å². The Morgan fingerprint density at radius 3 is 2.54 bits per heavy atom. The Balaban J connectivity index is 1.62. The lowest BCUT2D eigenvalue weighted by Crippen LogP contribution is -2.25. The molecule has 0 atom stereocenters. The van der Waals surface area contributed by atoms with Gasteiger partial charge < -0.3 is 14.8 Å². The maximum absolute atomic E-state index is 12.9. The minimum absolute atomic E-state index is 0.0441. The molecule has 0 spiro atoms. The molecule has 1 fully saturated rings. The Hall–Kier alpha value is -2.32. The number of methoxy groups -OCH3 is 1. The zero-order valence-electron chi connectivity index (χ0n) is 14.4. The number of halogens is 1. The van der Waals surface area contributed by atoms with E-state index in [1.807, 2.05) is 0 Å². The second kappa shape index (κ2) is 7.92. The van der Waals surface area contributed by atoms with Gasteiger partial charge in [0.25, 0.3) is 0 Å². The molecule has 0 bridgehead atoms. The van der Waals surface area contributed by atoms with E-state index in [0.29, 0.717) is 30.3 Å². The lowest BCUT2D eigenvalue weighted by atomic mass is 10.3. The molecule has 2 aromatic carbocycles. The van der Waals surface area contributed by atoms with Crippen LogP contribution in [0.4, 0.5) is 10.1 Å². The first kappa shape index (κ1) is 18.5. The molecule has 3 rings (SSSR count). The fraction of sp³-hybridized carbons (Fsp3) is 0.333. The average Bonchev–Trinajstić information content (AvgIpc) is 3.43. The van der Waals surface area contributed by atoms with Gasteiger partial charge in [0.2, 0.25) is 10.0 Å². The van der Waals surface area contributed by atoms with Gasteiger partial charge in [-0.3, -0.25) is 0 Å². The van der Waals surface area contributed by atoms with Crippen LogP contribution >= 0.6 is 0 Å². The molecule has 0 aromatic heterocycles. The standard InChI is InChI=1S/C18H21FN2O4S/c1-24-18-9-8-16(26(22,23)21-14-4-5-14)12-17(18)20-10-11-25-15-6-2-13(19)3-7-15/h2-3,6-9,12,14,20-21H,4-5,10-11H2,1H3. The maximum atomic E-state index is 12.9. The summed E-state index contributed by atoms with van der Waals surface area (Å²) >= 11 is 0. The average molecular weight is 380 g/mol. The van der Waals surface area contributed by atoms with Gasteiger partial charge >= 0.3 is 0 Å². The van der Waals surface area contributed by atoms with E-state index < -0.39 is 10.0 Å². The van der Waals surface area contributed by atoms with E-state index >= 15 is 0 Å². The van der Waals surface area contributed by atoms with Crippen molar-refractivity contribution in [2.24, 2.45) is 0 Å². The van der Waals surface area contributed by atoms with Crippen LogP contribution in [0.3, 0.4) is 0 Å². The van der Waals surface area contributed by atoms with Crippen LogP contribution in [0.15, 0.2) is 47.4 Å². The van der Waals surface area contributed by atoms with Crippen molar-refractivity contribution in [2.45, 2.75) is 23.8 Å². The minimum atomic E-state index is -3.53. The molecule has 8 heteroatoms. The van der Waals surface area contributed by atoms with E-state index in [0.717, 1.165) is 12.8 Å². The second-order valence-electron chi connectivity index (χ2n) is 5.99. The van der Waals surface area contributed by atoms with Crippen LogP contribution in [0.5, 0.6) is 11.5 Å². The van der Waals surface area contributed by atoms with Gasteiger partial charge in [0, 0.05) is 12.6 Å². The van der Waals surface area contributed by atoms with Crippen LogP contribution in [-0.4, -0.2) is 34.7 Å². The summed E-state index contributed by atoms with van der Waals surface area (Å²) in [7, 11) is -2.01. The third-order valence-electron chi connectivity index (χ3n) is 3.88. The van der Waals surface area contributed by atoms with E-state index in [9.17, 15) is 12.8 Å². The fourth-order valence-electron chi connectivity index (χ4n) is 2.37. The number of sulfonamides is 1. The highest BCUT2D eigenvalue weighted by molar-refractivity contribution is 7.89. The van der Waals surface area contributed by atoms with Crippen molar-refractivity contribution in [1.82, 2.24) is 4.72 Å². The molecule has 0 unspecified atom stereocenters. The highest BCUT2D eigenvalue weighted by Crippen LogP contribution is 2.29. The monoisotopic (exact) mass is 380 g/mol. The molecule has 1 aliphatic rings. The predicted octanol–water partition coefficient (Wildman–Crippen LogP) is 2.77.